The average Bonchev–Trinajstić information content (AvgIpc) is 2.27. The van der Waals surface area contributed by atoms with Crippen molar-refractivity contribution >= 4 is 46.5 Å². The number of ether oxygens (including phenoxy) is 1. The van der Waals surface area contributed by atoms with Crippen LogP contribution in [0.4, 0.5) is 5.69 Å². The molecule has 1 atom stereocenters. The standard InChI is InChI=1S/C12H14Cl3NO3/c1-2-19-11(18)5-8(17)6-16-12-9(14)3-7(13)4-10(12)15/h3-4,8,16-17H,2,5-6H2,1H3. The van der Waals surface area contributed by atoms with Crippen LogP contribution in [0.15, 0.2) is 12.1 Å². The predicted molar refractivity (Wildman–Crippen MR) is 77.2 cm³/mol. The number of esters is 1. The number of rotatable bonds is 6. The topological polar surface area (TPSA) is 58.6 Å². The third kappa shape index (κ3) is 5.45. The number of hydrogen-bond acceptors (Lipinski definition) is 4. The summed E-state index contributed by atoms with van der Waals surface area (Å²) in [5, 5.41) is 13.7. The molecule has 0 aliphatic rings. The van der Waals surface area contributed by atoms with Gasteiger partial charge in [-0.25, -0.2) is 0 Å². The van der Waals surface area contributed by atoms with E-state index in [0.717, 1.165) is 0 Å². The van der Waals surface area contributed by atoms with E-state index in [4.69, 9.17) is 39.5 Å². The molecule has 4 nitrogen and oxygen atoms in total. The molecule has 0 aromatic heterocycles. The van der Waals surface area contributed by atoms with E-state index in [2.05, 4.69) is 5.32 Å². The zero-order chi connectivity index (χ0) is 14.4. The lowest BCUT2D eigenvalue weighted by Crippen LogP contribution is -2.24. The van der Waals surface area contributed by atoms with Gasteiger partial charge in [-0.15, -0.1) is 0 Å². The molecule has 0 spiro atoms. The van der Waals surface area contributed by atoms with Gasteiger partial charge >= 0.3 is 5.97 Å². The minimum Gasteiger partial charge on any atom is -0.466 e. The van der Waals surface area contributed by atoms with Crippen LogP contribution < -0.4 is 5.32 Å². The van der Waals surface area contributed by atoms with Gasteiger partial charge in [-0.2, -0.15) is 0 Å². The molecule has 0 radical (unpaired) electrons. The Balaban J connectivity index is 2.55. The lowest BCUT2D eigenvalue weighted by Gasteiger charge is -2.14. The van der Waals surface area contributed by atoms with Gasteiger partial charge in [0.25, 0.3) is 0 Å². The summed E-state index contributed by atoms with van der Waals surface area (Å²) in [6.07, 6.45) is -0.981. The summed E-state index contributed by atoms with van der Waals surface area (Å²) in [6, 6.07) is 3.07. The highest BCUT2D eigenvalue weighted by atomic mass is 35.5. The van der Waals surface area contributed by atoms with Gasteiger partial charge in [0.1, 0.15) is 0 Å². The summed E-state index contributed by atoms with van der Waals surface area (Å²) in [5.74, 6) is -0.454. The third-order valence-electron chi connectivity index (χ3n) is 2.23. The predicted octanol–water partition coefficient (Wildman–Crippen LogP) is 3.37. The van der Waals surface area contributed by atoms with E-state index < -0.39 is 12.1 Å². The molecule has 2 N–H and O–H groups in total. The largest absolute Gasteiger partial charge is 0.466 e. The van der Waals surface area contributed by atoms with Crippen molar-refractivity contribution in [2.75, 3.05) is 18.5 Å². The number of anilines is 1. The highest BCUT2D eigenvalue weighted by Crippen LogP contribution is 2.33. The number of aliphatic hydroxyl groups is 1. The lowest BCUT2D eigenvalue weighted by atomic mass is 10.2. The third-order valence-corrected chi connectivity index (χ3v) is 3.04. The molecule has 0 bridgehead atoms. The molecule has 0 saturated carbocycles. The summed E-state index contributed by atoms with van der Waals surface area (Å²) in [6.45, 7) is 2.11. The van der Waals surface area contributed by atoms with Crippen molar-refractivity contribution in [1.29, 1.82) is 0 Å². The van der Waals surface area contributed by atoms with Crippen LogP contribution in [0.3, 0.4) is 0 Å². The Hall–Kier alpha value is -0.680. The van der Waals surface area contributed by atoms with Crippen LogP contribution in [0.25, 0.3) is 0 Å². The second-order valence-corrected chi connectivity index (χ2v) is 5.04. The Morgan fingerprint density at radius 2 is 1.95 bits per heavy atom. The Bertz CT molecular complexity index is 431. The molecular weight excluding hydrogens is 312 g/mol. The molecule has 19 heavy (non-hydrogen) atoms. The minimum absolute atomic E-state index is 0.0936. The zero-order valence-electron chi connectivity index (χ0n) is 10.3. The molecule has 1 aromatic rings. The first-order valence-electron chi connectivity index (χ1n) is 5.66. The Morgan fingerprint density at radius 1 is 1.37 bits per heavy atom. The van der Waals surface area contributed by atoms with Gasteiger partial charge in [0.05, 0.1) is 34.9 Å². The monoisotopic (exact) mass is 325 g/mol. The van der Waals surface area contributed by atoms with Crippen LogP contribution in [-0.2, 0) is 9.53 Å². The number of halogens is 3. The number of benzene rings is 1. The van der Waals surface area contributed by atoms with Gasteiger partial charge in [-0.05, 0) is 19.1 Å². The molecule has 1 aromatic carbocycles. The maximum atomic E-state index is 11.2. The van der Waals surface area contributed by atoms with Gasteiger partial charge in [0, 0.05) is 11.6 Å². The summed E-state index contributed by atoms with van der Waals surface area (Å²) < 4.78 is 4.73. The van der Waals surface area contributed by atoms with Crippen molar-refractivity contribution in [1.82, 2.24) is 0 Å². The second kappa shape index (κ2) is 7.80. The van der Waals surface area contributed by atoms with Crippen molar-refractivity contribution in [2.24, 2.45) is 0 Å². The first-order valence-corrected chi connectivity index (χ1v) is 6.79. The van der Waals surface area contributed by atoms with Crippen molar-refractivity contribution in [3.8, 4) is 0 Å². The Morgan fingerprint density at radius 3 is 2.47 bits per heavy atom. The lowest BCUT2D eigenvalue weighted by molar-refractivity contribution is -0.145. The zero-order valence-corrected chi connectivity index (χ0v) is 12.5. The molecule has 0 aliphatic heterocycles. The number of nitrogens with one attached hydrogen (secondary N) is 1. The van der Waals surface area contributed by atoms with E-state index in [0.29, 0.717) is 20.8 Å². The fourth-order valence-corrected chi connectivity index (χ4v) is 2.37. The second-order valence-electron chi connectivity index (χ2n) is 3.79. The quantitative estimate of drug-likeness (QED) is 0.787. The van der Waals surface area contributed by atoms with Crippen LogP contribution >= 0.6 is 34.8 Å². The molecule has 0 aliphatic carbocycles. The highest BCUT2D eigenvalue weighted by molar-refractivity contribution is 6.41. The fourth-order valence-electron chi connectivity index (χ4n) is 1.42. The molecule has 0 amide bonds. The summed E-state index contributed by atoms with van der Waals surface area (Å²) >= 11 is 17.7. The van der Waals surface area contributed by atoms with Crippen molar-refractivity contribution < 1.29 is 14.6 Å². The molecule has 1 rings (SSSR count). The maximum Gasteiger partial charge on any atom is 0.308 e. The van der Waals surface area contributed by atoms with Crippen LogP contribution in [0, 0.1) is 0 Å². The molecule has 0 heterocycles. The molecule has 1 unspecified atom stereocenters. The van der Waals surface area contributed by atoms with E-state index in [1.165, 1.54) is 12.1 Å². The van der Waals surface area contributed by atoms with Gasteiger partial charge < -0.3 is 15.2 Å². The smallest absolute Gasteiger partial charge is 0.308 e. The van der Waals surface area contributed by atoms with E-state index in [9.17, 15) is 9.90 Å². The molecule has 0 saturated heterocycles. The highest BCUT2D eigenvalue weighted by Gasteiger charge is 2.13. The average molecular weight is 327 g/mol. The van der Waals surface area contributed by atoms with Gasteiger partial charge in [0.15, 0.2) is 0 Å². The Kier molecular flexibility index (Phi) is 6.72. The Labute approximate surface area is 126 Å². The SMILES string of the molecule is CCOC(=O)CC(O)CNc1c(Cl)cc(Cl)cc1Cl. The van der Waals surface area contributed by atoms with Crippen molar-refractivity contribution in [2.45, 2.75) is 19.4 Å². The first-order chi connectivity index (χ1) is 8.93. The normalized spacial score (nSPS) is 12.1. The first kappa shape index (κ1) is 16.4. The number of hydrogen-bond donors (Lipinski definition) is 2. The minimum atomic E-state index is -0.887. The van der Waals surface area contributed by atoms with Crippen molar-refractivity contribution in [3.05, 3.63) is 27.2 Å². The number of carbonyl (C=O) groups excluding carboxylic acids is 1. The fraction of sp³-hybridized carbons (Fsp3) is 0.417. The summed E-state index contributed by atoms with van der Waals surface area (Å²) in [5.41, 5.74) is 0.468. The van der Waals surface area contributed by atoms with Crippen molar-refractivity contribution in [3.63, 3.8) is 0 Å². The summed E-state index contributed by atoms with van der Waals surface area (Å²) in [4.78, 5) is 11.2. The maximum absolute atomic E-state index is 11.2. The van der Waals surface area contributed by atoms with Crippen LogP contribution in [0.2, 0.25) is 15.1 Å². The van der Waals surface area contributed by atoms with Gasteiger partial charge in [-0.3, -0.25) is 4.79 Å². The number of carbonyl (C=O) groups is 1. The molecular formula is C12H14Cl3NO3. The molecule has 7 heteroatoms. The van der Waals surface area contributed by atoms with Gasteiger partial charge in [0.2, 0.25) is 0 Å². The van der Waals surface area contributed by atoms with E-state index in [1.807, 2.05) is 0 Å². The van der Waals surface area contributed by atoms with Gasteiger partial charge in [-0.1, -0.05) is 34.8 Å². The number of aliphatic hydroxyl groups excluding tert-OH is 1. The van der Waals surface area contributed by atoms with Crippen LogP contribution in [0.1, 0.15) is 13.3 Å². The molecule has 0 fully saturated rings. The molecule has 106 valence electrons. The summed E-state index contributed by atoms with van der Waals surface area (Å²) in [7, 11) is 0. The van der Waals surface area contributed by atoms with E-state index >= 15 is 0 Å². The van der Waals surface area contributed by atoms with Crippen LogP contribution in [-0.4, -0.2) is 30.3 Å². The van der Waals surface area contributed by atoms with E-state index in [-0.39, 0.29) is 19.6 Å². The van der Waals surface area contributed by atoms with Crippen LogP contribution in [0.5, 0.6) is 0 Å². The van der Waals surface area contributed by atoms with E-state index in [1.54, 1.807) is 6.92 Å².